The van der Waals surface area contributed by atoms with Crippen molar-refractivity contribution in [1.29, 1.82) is 0 Å². The molecule has 2 aromatic carbocycles. The van der Waals surface area contributed by atoms with Gasteiger partial charge in [0.1, 0.15) is 15.8 Å². The summed E-state index contributed by atoms with van der Waals surface area (Å²) in [6.07, 6.45) is 2.88. The summed E-state index contributed by atoms with van der Waals surface area (Å²) >= 11 is 6.67. The molecular formula is C30H28N4O5S2. The third-order valence-corrected chi connectivity index (χ3v) is 8.02. The zero-order valence-corrected chi connectivity index (χ0v) is 24.1. The molecule has 3 heterocycles. The standard InChI is InChI=1S/C30H28N4O5S2/c1-38-23-12-11-19(16-24(23)39-2)13-15-34-29(37)25(41-30(34)40)17-21-27(31-18-22(35)20-8-4-3-5-9-20)32-26-10-6-7-14-33(26)28(21)36/h3-12,14,16-17,22,31,35H,13,15,18H2,1-2H3. The Bertz CT molecular complexity index is 1690. The van der Waals surface area contributed by atoms with Crippen LogP contribution in [-0.4, -0.2) is 56.9 Å². The second kappa shape index (κ2) is 12.5. The number of aromatic nitrogens is 2. The summed E-state index contributed by atoms with van der Waals surface area (Å²) in [5.74, 6) is 1.22. The molecule has 0 aliphatic carbocycles. The number of hydrogen-bond donors (Lipinski definition) is 2. The summed E-state index contributed by atoms with van der Waals surface area (Å²) in [7, 11) is 3.15. The number of fused-ring (bicyclic) bond motifs is 1. The number of carbonyl (C=O) groups excluding carboxylic acids is 1. The highest BCUT2D eigenvalue weighted by Crippen LogP contribution is 2.34. The van der Waals surface area contributed by atoms with E-state index in [1.54, 1.807) is 38.6 Å². The van der Waals surface area contributed by atoms with Gasteiger partial charge in [-0.05, 0) is 47.9 Å². The molecule has 2 N–H and O–H groups in total. The Hall–Kier alpha value is -4.19. The van der Waals surface area contributed by atoms with Gasteiger partial charge in [0.2, 0.25) is 0 Å². The lowest BCUT2D eigenvalue weighted by molar-refractivity contribution is -0.122. The molecule has 41 heavy (non-hydrogen) atoms. The Morgan fingerprint density at radius 1 is 1.05 bits per heavy atom. The minimum atomic E-state index is -0.824. The molecule has 0 radical (unpaired) electrons. The molecule has 1 unspecified atom stereocenters. The number of anilines is 1. The average Bonchev–Trinajstić information content (AvgIpc) is 3.27. The highest BCUT2D eigenvalue weighted by Gasteiger charge is 2.32. The van der Waals surface area contributed by atoms with Crippen LogP contribution in [0.15, 0.2) is 82.6 Å². The van der Waals surface area contributed by atoms with Crippen LogP contribution in [0.5, 0.6) is 11.5 Å². The Balaban J connectivity index is 1.40. The number of aliphatic hydroxyl groups is 1. The molecule has 1 atom stereocenters. The lowest BCUT2D eigenvalue weighted by atomic mass is 10.1. The van der Waals surface area contributed by atoms with E-state index in [1.807, 2.05) is 48.5 Å². The Morgan fingerprint density at radius 3 is 2.56 bits per heavy atom. The fourth-order valence-corrected chi connectivity index (χ4v) is 5.75. The molecule has 5 rings (SSSR count). The van der Waals surface area contributed by atoms with Crippen molar-refractivity contribution in [2.45, 2.75) is 12.5 Å². The van der Waals surface area contributed by atoms with Crippen LogP contribution in [0.4, 0.5) is 5.82 Å². The van der Waals surface area contributed by atoms with Gasteiger partial charge in [0.25, 0.3) is 11.5 Å². The van der Waals surface area contributed by atoms with E-state index in [4.69, 9.17) is 21.7 Å². The fourth-order valence-electron chi connectivity index (χ4n) is 4.45. The van der Waals surface area contributed by atoms with Crippen LogP contribution in [0, 0.1) is 0 Å². The minimum Gasteiger partial charge on any atom is -0.493 e. The molecule has 2 aromatic heterocycles. The number of ether oxygens (including phenoxy) is 2. The van der Waals surface area contributed by atoms with Crippen molar-refractivity contribution < 1.29 is 19.4 Å². The zero-order valence-electron chi connectivity index (χ0n) is 22.4. The number of thioether (sulfide) groups is 1. The average molecular weight is 589 g/mol. The molecular weight excluding hydrogens is 560 g/mol. The summed E-state index contributed by atoms with van der Waals surface area (Å²) in [6.45, 7) is 0.480. The van der Waals surface area contributed by atoms with Gasteiger partial charge in [-0.2, -0.15) is 0 Å². The van der Waals surface area contributed by atoms with Crippen molar-refractivity contribution >= 4 is 51.7 Å². The maximum atomic E-state index is 13.5. The first-order chi connectivity index (χ1) is 19.9. The van der Waals surface area contributed by atoms with E-state index in [0.717, 1.165) is 22.9 Å². The predicted octanol–water partition coefficient (Wildman–Crippen LogP) is 4.30. The SMILES string of the molecule is COc1ccc(CCN2C(=O)C(=Cc3c(NCC(O)c4ccccc4)nc4ccccn4c3=O)SC2=S)cc1OC. The number of pyridine rings is 1. The lowest BCUT2D eigenvalue weighted by Crippen LogP contribution is -2.30. The third-order valence-electron chi connectivity index (χ3n) is 6.64. The molecule has 9 nitrogen and oxygen atoms in total. The maximum Gasteiger partial charge on any atom is 0.267 e. The van der Waals surface area contributed by atoms with Gasteiger partial charge in [0.15, 0.2) is 11.5 Å². The number of methoxy groups -OCH3 is 2. The molecule has 1 aliphatic heterocycles. The monoisotopic (exact) mass is 588 g/mol. The van der Waals surface area contributed by atoms with E-state index in [0.29, 0.717) is 39.3 Å². The first kappa shape index (κ1) is 28.3. The van der Waals surface area contributed by atoms with Crippen molar-refractivity contribution in [3.63, 3.8) is 0 Å². The van der Waals surface area contributed by atoms with E-state index in [-0.39, 0.29) is 29.4 Å². The van der Waals surface area contributed by atoms with E-state index < -0.39 is 6.10 Å². The number of nitrogens with one attached hydrogen (secondary N) is 1. The van der Waals surface area contributed by atoms with Gasteiger partial charge in [0, 0.05) is 19.3 Å². The first-order valence-electron chi connectivity index (χ1n) is 12.8. The molecule has 1 fully saturated rings. The molecule has 0 saturated carbocycles. The third kappa shape index (κ3) is 6.12. The number of nitrogens with zero attached hydrogens (tertiary/aromatic N) is 3. The summed E-state index contributed by atoms with van der Waals surface area (Å²) in [6, 6.07) is 20.1. The van der Waals surface area contributed by atoms with E-state index >= 15 is 0 Å². The molecule has 210 valence electrons. The smallest absolute Gasteiger partial charge is 0.267 e. The van der Waals surface area contributed by atoms with Gasteiger partial charge in [-0.25, -0.2) is 4.98 Å². The van der Waals surface area contributed by atoms with Crippen molar-refractivity contribution in [2.24, 2.45) is 0 Å². The molecule has 0 bridgehead atoms. The second-order valence-electron chi connectivity index (χ2n) is 9.19. The van der Waals surface area contributed by atoms with E-state index in [1.165, 1.54) is 15.4 Å². The number of aliphatic hydroxyl groups excluding tert-OH is 1. The van der Waals surface area contributed by atoms with Crippen molar-refractivity contribution in [3.05, 3.63) is 105 Å². The van der Waals surface area contributed by atoms with Crippen molar-refractivity contribution in [2.75, 3.05) is 32.6 Å². The number of hydrogen-bond acceptors (Lipinski definition) is 9. The van der Waals surface area contributed by atoms with Crippen molar-refractivity contribution in [3.8, 4) is 11.5 Å². The number of carbonyl (C=O) groups is 1. The van der Waals surface area contributed by atoms with Crippen molar-refractivity contribution in [1.82, 2.24) is 14.3 Å². The Kier molecular flexibility index (Phi) is 8.67. The second-order valence-corrected chi connectivity index (χ2v) is 10.9. The number of thiocarbonyl (C=S) groups is 1. The molecule has 0 spiro atoms. The van der Waals surface area contributed by atoms with Gasteiger partial charge in [-0.15, -0.1) is 0 Å². The molecule has 1 amide bonds. The molecule has 4 aromatic rings. The fraction of sp³-hybridized carbons (Fsp3) is 0.200. The minimum absolute atomic E-state index is 0.118. The molecule has 1 aliphatic rings. The highest BCUT2D eigenvalue weighted by atomic mass is 32.2. The highest BCUT2D eigenvalue weighted by molar-refractivity contribution is 8.26. The summed E-state index contributed by atoms with van der Waals surface area (Å²) in [5.41, 5.74) is 1.99. The van der Waals surface area contributed by atoms with Gasteiger partial charge in [-0.3, -0.25) is 18.9 Å². The van der Waals surface area contributed by atoms with E-state index in [2.05, 4.69) is 10.3 Å². The van der Waals surface area contributed by atoms with Gasteiger partial charge in [-0.1, -0.05) is 66.4 Å². The molecule has 1 saturated heterocycles. The summed E-state index contributed by atoms with van der Waals surface area (Å²) < 4.78 is 12.5. The van der Waals surface area contributed by atoms with Crippen LogP contribution in [0.3, 0.4) is 0 Å². The zero-order chi connectivity index (χ0) is 28.9. The lowest BCUT2D eigenvalue weighted by Gasteiger charge is -2.16. The predicted molar refractivity (Wildman–Crippen MR) is 164 cm³/mol. The van der Waals surface area contributed by atoms with Crippen LogP contribution >= 0.6 is 24.0 Å². The summed E-state index contributed by atoms with van der Waals surface area (Å²) in [5, 5.41) is 13.8. The Labute approximate surface area is 246 Å². The topological polar surface area (TPSA) is 105 Å². The summed E-state index contributed by atoms with van der Waals surface area (Å²) in [4.78, 5) is 33.4. The van der Waals surface area contributed by atoms with Crippen LogP contribution < -0.4 is 20.3 Å². The largest absolute Gasteiger partial charge is 0.493 e. The quantitative estimate of drug-likeness (QED) is 0.207. The van der Waals surface area contributed by atoms with Gasteiger partial charge in [0.05, 0.1) is 30.8 Å². The van der Waals surface area contributed by atoms with Crippen LogP contribution in [-0.2, 0) is 11.2 Å². The number of benzene rings is 2. The number of rotatable bonds is 10. The normalized spacial score (nSPS) is 15.0. The number of amides is 1. The van der Waals surface area contributed by atoms with Gasteiger partial charge >= 0.3 is 0 Å². The maximum absolute atomic E-state index is 13.5. The van der Waals surface area contributed by atoms with Crippen LogP contribution in [0.25, 0.3) is 11.7 Å². The van der Waals surface area contributed by atoms with Crippen LogP contribution in [0.2, 0.25) is 0 Å². The first-order valence-corrected chi connectivity index (χ1v) is 14.1. The Morgan fingerprint density at radius 2 is 1.80 bits per heavy atom. The molecule has 11 heteroatoms. The van der Waals surface area contributed by atoms with Crippen LogP contribution in [0.1, 0.15) is 22.8 Å². The van der Waals surface area contributed by atoms with E-state index in [9.17, 15) is 14.7 Å². The van der Waals surface area contributed by atoms with Gasteiger partial charge < -0.3 is 19.9 Å².